The summed E-state index contributed by atoms with van der Waals surface area (Å²) in [6, 6.07) is 7.61. The van der Waals surface area contributed by atoms with Crippen LogP contribution in [0.5, 0.6) is 0 Å². The molecule has 2 unspecified atom stereocenters. The molecule has 1 aliphatic heterocycles. The Hall–Kier alpha value is -1.66. The molecule has 2 atom stereocenters. The van der Waals surface area contributed by atoms with Crippen molar-refractivity contribution in [2.75, 3.05) is 39.9 Å². The number of guanidine groups is 1. The smallest absolute Gasteiger partial charge is 0.191 e. The SMILES string of the molecule is CN=C(NCC(C)N1CCOCC1C)NCC(C)(C)c1cccc(F)c1. The zero-order valence-electron chi connectivity index (χ0n) is 16.7. The molecule has 6 heteroatoms. The first-order valence-corrected chi connectivity index (χ1v) is 9.37. The third kappa shape index (κ3) is 5.68. The molecule has 26 heavy (non-hydrogen) atoms. The average Bonchev–Trinajstić information content (AvgIpc) is 2.62. The van der Waals surface area contributed by atoms with Gasteiger partial charge >= 0.3 is 0 Å². The number of hydrogen-bond acceptors (Lipinski definition) is 3. The molecule has 0 spiro atoms. The van der Waals surface area contributed by atoms with Gasteiger partial charge in [0, 0.05) is 44.2 Å². The highest BCUT2D eigenvalue weighted by atomic mass is 19.1. The number of rotatable bonds is 6. The second kappa shape index (κ2) is 9.33. The Labute approximate surface area is 157 Å². The van der Waals surface area contributed by atoms with E-state index in [0.29, 0.717) is 18.6 Å². The molecule has 0 saturated carbocycles. The minimum Gasteiger partial charge on any atom is -0.379 e. The fraction of sp³-hybridized carbons (Fsp3) is 0.650. The summed E-state index contributed by atoms with van der Waals surface area (Å²) < 4.78 is 19.0. The van der Waals surface area contributed by atoms with Crippen LogP contribution in [0.15, 0.2) is 29.3 Å². The van der Waals surface area contributed by atoms with Crippen LogP contribution in [0.4, 0.5) is 4.39 Å². The lowest BCUT2D eigenvalue weighted by Crippen LogP contribution is -2.53. The molecule has 0 radical (unpaired) electrons. The maximum Gasteiger partial charge on any atom is 0.191 e. The maximum atomic E-state index is 13.5. The number of hydrogen-bond donors (Lipinski definition) is 2. The third-order valence-electron chi connectivity index (χ3n) is 5.08. The van der Waals surface area contributed by atoms with Crippen molar-refractivity contribution in [3.63, 3.8) is 0 Å². The molecule has 0 bridgehead atoms. The third-order valence-corrected chi connectivity index (χ3v) is 5.08. The maximum absolute atomic E-state index is 13.5. The highest BCUT2D eigenvalue weighted by molar-refractivity contribution is 5.79. The van der Waals surface area contributed by atoms with Gasteiger partial charge < -0.3 is 15.4 Å². The molecule has 1 fully saturated rings. The van der Waals surface area contributed by atoms with E-state index < -0.39 is 0 Å². The second-order valence-electron chi connectivity index (χ2n) is 7.71. The molecule has 0 aromatic heterocycles. The largest absolute Gasteiger partial charge is 0.379 e. The summed E-state index contributed by atoms with van der Waals surface area (Å²) in [7, 11) is 1.77. The van der Waals surface area contributed by atoms with E-state index in [0.717, 1.165) is 37.8 Å². The molecular weight excluding hydrogens is 331 g/mol. The van der Waals surface area contributed by atoms with Crippen LogP contribution in [0, 0.1) is 5.82 Å². The molecule has 1 saturated heterocycles. The molecule has 1 aliphatic rings. The molecule has 0 aliphatic carbocycles. The van der Waals surface area contributed by atoms with Crippen molar-refractivity contribution in [3.05, 3.63) is 35.6 Å². The number of nitrogens with zero attached hydrogens (tertiary/aromatic N) is 2. The summed E-state index contributed by atoms with van der Waals surface area (Å²) in [5, 5.41) is 6.78. The summed E-state index contributed by atoms with van der Waals surface area (Å²) in [6.45, 7) is 12.6. The first-order valence-electron chi connectivity index (χ1n) is 9.37. The molecular formula is C20H33FN4O. The minimum absolute atomic E-state index is 0.202. The molecule has 1 aromatic carbocycles. The first kappa shape index (κ1) is 20.6. The van der Waals surface area contributed by atoms with Gasteiger partial charge in [0.2, 0.25) is 0 Å². The van der Waals surface area contributed by atoms with Gasteiger partial charge in [-0.2, -0.15) is 0 Å². The summed E-state index contributed by atoms with van der Waals surface area (Å²) in [5.74, 6) is 0.564. The van der Waals surface area contributed by atoms with Crippen LogP contribution in [0.1, 0.15) is 33.3 Å². The lowest BCUT2D eigenvalue weighted by molar-refractivity contribution is -0.0174. The molecule has 2 rings (SSSR count). The minimum atomic E-state index is -0.204. The van der Waals surface area contributed by atoms with Crippen molar-refractivity contribution in [1.82, 2.24) is 15.5 Å². The van der Waals surface area contributed by atoms with Gasteiger partial charge in [0.25, 0.3) is 0 Å². The van der Waals surface area contributed by atoms with Crippen molar-refractivity contribution in [1.29, 1.82) is 0 Å². The summed E-state index contributed by atoms with van der Waals surface area (Å²) >= 11 is 0. The standard InChI is InChI=1S/C20H33FN4O/c1-15(25-9-10-26-13-16(25)2)12-23-19(22-5)24-14-20(3,4)17-7-6-8-18(21)11-17/h6-8,11,15-16H,9-10,12-14H2,1-5H3,(H2,22,23,24). The van der Waals surface area contributed by atoms with E-state index in [9.17, 15) is 4.39 Å². The zero-order chi connectivity index (χ0) is 19.2. The highest BCUT2D eigenvalue weighted by Gasteiger charge is 2.24. The molecule has 1 heterocycles. The fourth-order valence-electron chi connectivity index (χ4n) is 3.29. The van der Waals surface area contributed by atoms with Crippen LogP contribution in [-0.4, -0.2) is 62.8 Å². The van der Waals surface area contributed by atoms with E-state index in [2.05, 4.69) is 48.2 Å². The Morgan fingerprint density at radius 1 is 1.42 bits per heavy atom. The van der Waals surface area contributed by atoms with Crippen molar-refractivity contribution >= 4 is 5.96 Å². The fourth-order valence-corrected chi connectivity index (χ4v) is 3.29. The van der Waals surface area contributed by atoms with Crippen molar-refractivity contribution in [2.45, 2.75) is 45.2 Å². The van der Waals surface area contributed by atoms with Crippen LogP contribution in [0.25, 0.3) is 0 Å². The van der Waals surface area contributed by atoms with Crippen LogP contribution in [0.2, 0.25) is 0 Å². The zero-order valence-corrected chi connectivity index (χ0v) is 16.7. The molecule has 0 amide bonds. The summed E-state index contributed by atoms with van der Waals surface area (Å²) in [5.41, 5.74) is 0.764. The normalized spacial score (nSPS) is 20.7. The Morgan fingerprint density at radius 2 is 2.19 bits per heavy atom. The van der Waals surface area contributed by atoms with Gasteiger partial charge in [-0.25, -0.2) is 4.39 Å². The Kier molecular flexibility index (Phi) is 7.41. The summed E-state index contributed by atoms with van der Waals surface area (Å²) in [4.78, 5) is 6.77. The Morgan fingerprint density at radius 3 is 2.85 bits per heavy atom. The lowest BCUT2D eigenvalue weighted by atomic mass is 9.84. The predicted octanol–water partition coefficient (Wildman–Crippen LogP) is 2.38. The molecule has 146 valence electrons. The van der Waals surface area contributed by atoms with E-state index in [-0.39, 0.29) is 11.2 Å². The van der Waals surface area contributed by atoms with Gasteiger partial charge in [-0.05, 0) is 31.5 Å². The van der Waals surface area contributed by atoms with Gasteiger partial charge in [0.05, 0.1) is 13.2 Å². The van der Waals surface area contributed by atoms with Crippen molar-refractivity contribution in [2.24, 2.45) is 4.99 Å². The number of nitrogens with one attached hydrogen (secondary N) is 2. The van der Waals surface area contributed by atoms with Crippen LogP contribution >= 0.6 is 0 Å². The van der Waals surface area contributed by atoms with Gasteiger partial charge in [-0.1, -0.05) is 26.0 Å². The molecule has 2 N–H and O–H groups in total. The van der Waals surface area contributed by atoms with Gasteiger partial charge in [0.1, 0.15) is 5.82 Å². The van der Waals surface area contributed by atoms with Gasteiger partial charge in [-0.3, -0.25) is 9.89 Å². The number of morpholine rings is 1. The Balaban J connectivity index is 1.85. The van der Waals surface area contributed by atoms with Gasteiger partial charge in [0.15, 0.2) is 5.96 Å². The monoisotopic (exact) mass is 364 g/mol. The van der Waals surface area contributed by atoms with Crippen LogP contribution in [0.3, 0.4) is 0 Å². The number of benzene rings is 1. The number of halogens is 1. The average molecular weight is 365 g/mol. The second-order valence-corrected chi connectivity index (χ2v) is 7.71. The van der Waals surface area contributed by atoms with Gasteiger partial charge in [-0.15, -0.1) is 0 Å². The van der Waals surface area contributed by atoms with E-state index in [4.69, 9.17) is 4.74 Å². The van der Waals surface area contributed by atoms with Crippen molar-refractivity contribution < 1.29 is 9.13 Å². The summed E-state index contributed by atoms with van der Waals surface area (Å²) in [6.07, 6.45) is 0. The first-order chi connectivity index (χ1) is 12.3. The molecule has 1 aromatic rings. The number of aliphatic imine (C=N–C) groups is 1. The topological polar surface area (TPSA) is 48.9 Å². The predicted molar refractivity (Wildman–Crippen MR) is 105 cm³/mol. The van der Waals surface area contributed by atoms with E-state index in [1.165, 1.54) is 6.07 Å². The number of ether oxygens (including phenoxy) is 1. The van der Waals surface area contributed by atoms with E-state index in [1.54, 1.807) is 19.2 Å². The van der Waals surface area contributed by atoms with Crippen LogP contribution in [-0.2, 0) is 10.2 Å². The van der Waals surface area contributed by atoms with E-state index in [1.807, 2.05) is 6.07 Å². The van der Waals surface area contributed by atoms with Crippen molar-refractivity contribution in [3.8, 4) is 0 Å². The lowest BCUT2D eigenvalue weighted by Gasteiger charge is -2.38. The highest BCUT2D eigenvalue weighted by Crippen LogP contribution is 2.22. The Bertz CT molecular complexity index is 605. The van der Waals surface area contributed by atoms with Crippen LogP contribution < -0.4 is 10.6 Å². The molecule has 5 nitrogen and oxygen atoms in total. The van der Waals surface area contributed by atoms with E-state index >= 15 is 0 Å². The quantitative estimate of drug-likeness (QED) is 0.601.